The normalized spacial score (nSPS) is 15.4. The molecule has 0 spiro atoms. The van der Waals surface area contributed by atoms with Crippen molar-refractivity contribution >= 4 is 23.2 Å². The lowest BCUT2D eigenvalue weighted by Crippen LogP contribution is -2.49. The Balaban J connectivity index is 1.47. The molecule has 1 aliphatic heterocycles. The van der Waals surface area contributed by atoms with Gasteiger partial charge in [0.25, 0.3) is 11.8 Å². The van der Waals surface area contributed by atoms with Gasteiger partial charge in [-0.3, -0.25) is 14.7 Å². The number of aryl methyl sites for hydroxylation is 2. The van der Waals surface area contributed by atoms with E-state index < -0.39 is 11.9 Å². The molecule has 0 aliphatic carbocycles. The van der Waals surface area contributed by atoms with Crippen LogP contribution in [-0.2, 0) is 11.2 Å². The quantitative estimate of drug-likeness (QED) is 0.620. The van der Waals surface area contributed by atoms with Gasteiger partial charge in [0.05, 0.1) is 12.3 Å². The zero-order valence-electron chi connectivity index (χ0n) is 18.0. The lowest BCUT2D eigenvalue weighted by Gasteiger charge is -2.20. The summed E-state index contributed by atoms with van der Waals surface area (Å²) >= 11 is 0. The van der Waals surface area contributed by atoms with Crippen LogP contribution in [0.15, 0.2) is 36.4 Å². The van der Waals surface area contributed by atoms with E-state index in [2.05, 4.69) is 25.3 Å². The number of nitrogens with zero attached hydrogens (tertiary/aromatic N) is 4. The van der Waals surface area contributed by atoms with E-state index in [-0.39, 0.29) is 18.3 Å². The fourth-order valence-corrected chi connectivity index (χ4v) is 3.46. The zero-order valence-corrected chi connectivity index (χ0v) is 18.0. The third-order valence-corrected chi connectivity index (χ3v) is 5.33. The fourth-order valence-electron chi connectivity index (χ4n) is 3.46. The summed E-state index contributed by atoms with van der Waals surface area (Å²) in [6.07, 6.45) is 0.507. The van der Waals surface area contributed by atoms with Crippen LogP contribution in [0, 0.1) is 20.4 Å². The molecule has 0 saturated heterocycles. The molecule has 0 fully saturated rings. The van der Waals surface area contributed by atoms with Crippen molar-refractivity contribution in [2.24, 2.45) is 0 Å². The van der Waals surface area contributed by atoms with Gasteiger partial charge in [0.15, 0.2) is 5.69 Å². The number of hydrogen-bond acceptors (Lipinski definition) is 5. The Bertz CT molecular complexity index is 1230. The molecule has 9 nitrogen and oxygen atoms in total. The standard InChI is InChI=1S/C23H22N6O3/c1-13-5-7-15(8-6-13)10-20-26-21(28-27-20)22(30)25-17-12-32-19-9-14(2)16(24-3)11-18(19)29(4)23(17)31/h5-9,11,17H,10,12H2,1-2,4H3,(H,25,30)(H,26,27,28)/t17-/m0/s1. The number of ether oxygens (including phenoxy) is 1. The Morgan fingerprint density at radius 1 is 1.31 bits per heavy atom. The molecule has 0 bridgehead atoms. The van der Waals surface area contributed by atoms with Crippen molar-refractivity contribution in [3.05, 3.63) is 76.2 Å². The first-order valence-corrected chi connectivity index (χ1v) is 10.1. The summed E-state index contributed by atoms with van der Waals surface area (Å²) in [5.41, 5.74) is 3.88. The van der Waals surface area contributed by atoms with E-state index in [1.807, 2.05) is 31.2 Å². The number of fused-ring (bicyclic) bond motifs is 1. The van der Waals surface area contributed by atoms with Gasteiger partial charge in [0, 0.05) is 13.5 Å². The van der Waals surface area contributed by atoms with Gasteiger partial charge in [-0.2, -0.15) is 0 Å². The smallest absolute Gasteiger partial charge is 0.291 e. The van der Waals surface area contributed by atoms with E-state index in [0.717, 1.165) is 16.7 Å². The number of aromatic nitrogens is 3. The second-order valence-electron chi connectivity index (χ2n) is 7.72. The van der Waals surface area contributed by atoms with Gasteiger partial charge >= 0.3 is 0 Å². The summed E-state index contributed by atoms with van der Waals surface area (Å²) in [7, 11) is 1.59. The summed E-state index contributed by atoms with van der Waals surface area (Å²) in [5.74, 6) is 0.0633. The van der Waals surface area contributed by atoms with Crippen LogP contribution in [0.4, 0.5) is 11.4 Å². The number of hydrogen-bond donors (Lipinski definition) is 2. The number of anilines is 1. The summed E-state index contributed by atoms with van der Waals surface area (Å²) in [6.45, 7) is 11.1. The molecule has 32 heavy (non-hydrogen) atoms. The van der Waals surface area contributed by atoms with E-state index in [9.17, 15) is 9.59 Å². The van der Waals surface area contributed by atoms with Crippen molar-refractivity contribution in [1.82, 2.24) is 20.5 Å². The summed E-state index contributed by atoms with van der Waals surface area (Å²) < 4.78 is 5.78. The molecule has 0 radical (unpaired) electrons. The monoisotopic (exact) mass is 430 g/mol. The van der Waals surface area contributed by atoms with Crippen LogP contribution in [0.1, 0.15) is 33.1 Å². The minimum Gasteiger partial charge on any atom is -0.489 e. The molecule has 2 heterocycles. The highest BCUT2D eigenvalue weighted by Crippen LogP contribution is 2.36. The topological polar surface area (TPSA) is 105 Å². The second kappa shape index (κ2) is 8.51. The number of nitrogens with one attached hydrogen (secondary N) is 2. The first kappa shape index (κ1) is 21.1. The van der Waals surface area contributed by atoms with Crippen molar-refractivity contribution in [3.63, 3.8) is 0 Å². The number of carbonyl (C=O) groups is 2. The van der Waals surface area contributed by atoms with Crippen LogP contribution < -0.4 is 15.0 Å². The Hall–Kier alpha value is -4.19. The van der Waals surface area contributed by atoms with Gasteiger partial charge in [-0.05, 0) is 37.1 Å². The van der Waals surface area contributed by atoms with Crippen molar-refractivity contribution < 1.29 is 14.3 Å². The molecule has 0 unspecified atom stereocenters. The van der Waals surface area contributed by atoms with Gasteiger partial charge in [-0.15, -0.1) is 5.10 Å². The Morgan fingerprint density at radius 3 is 2.78 bits per heavy atom. The van der Waals surface area contributed by atoms with Gasteiger partial charge in [-0.1, -0.05) is 29.8 Å². The largest absolute Gasteiger partial charge is 0.489 e. The molecule has 1 atom stereocenters. The van der Waals surface area contributed by atoms with Crippen molar-refractivity contribution in [2.45, 2.75) is 26.3 Å². The molecule has 162 valence electrons. The molecule has 0 saturated carbocycles. The van der Waals surface area contributed by atoms with Crippen LogP contribution in [0.5, 0.6) is 5.75 Å². The molecule has 1 aliphatic rings. The van der Waals surface area contributed by atoms with E-state index >= 15 is 0 Å². The fraction of sp³-hybridized carbons (Fsp3) is 0.261. The first-order valence-electron chi connectivity index (χ1n) is 10.1. The van der Waals surface area contributed by atoms with Crippen LogP contribution >= 0.6 is 0 Å². The maximum absolute atomic E-state index is 12.9. The third kappa shape index (κ3) is 4.16. The molecule has 2 N–H and O–H groups in total. The highest BCUT2D eigenvalue weighted by atomic mass is 16.5. The van der Waals surface area contributed by atoms with Crippen LogP contribution in [0.3, 0.4) is 0 Å². The Labute approximate surface area is 185 Å². The van der Waals surface area contributed by atoms with Crippen molar-refractivity contribution in [1.29, 1.82) is 0 Å². The zero-order chi connectivity index (χ0) is 22.8. The molecule has 9 heteroatoms. The number of H-pyrrole nitrogens is 1. The van der Waals surface area contributed by atoms with E-state index in [1.165, 1.54) is 4.90 Å². The number of rotatable bonds is 4. The Kier molecular flexibility index (Phi) is 5.60. The third-order valence-electron chi connectivity index (χ3n) is 5.33. The maximum atomic E-state index is 12.9. The number of aromatic amines is 1. The number of amides is 2. The van der Waals surface area contributed by atoms with Gasteiger partial charge in [-0.25, -0.2) is 9.83 Å². The molecule has 4 rings (SSSR count). The lowest BCUT2D eigenvalue weighted by molar-refractivity contribution is -0.120. The van der Waals surface area contributed by atoms with Gasteiger partial charge < -0.3 is 15.0 Å². The predicted molar refractivity (Wildman–Crippen MR) is 118 cm³/mol. The SMILES string of the molecule is [C-]#[N+]c1cc2c(cc1C)OC[C@H](NC(=O)c1n[nH]c(Cc3ccc(C)cc3)n1)C(=O)N2C. The Morgan fingerprint density at radius 2 is 2.06 bits per heavy atom. The van der Waals surface area contributed by atoms with E-state index in [1.54, 1.807) is 26.1 Å². The van der Waals surface area contributed by atoms with Crippen molar-refractivity contribution in [3.8, 4) is 5.75 Å². The average Bonchev–Trinajstić information content (AvgIpc) is 3.22. The average molecular weight is 430 g/mol. The molecule has 2 aromatic carbocycles. The van der Waals surface area contributed by atoms with Gasteiger partial charge in [0.2, 0.25) is 5.82 Å². The molecular formula is C23H22N6O3. The summed E-state index contributed by atoms with van der Waals surface area (Å²) in [5, 5.41) is 9.42. The number of carbonyl (C=O) groups excluding carboxylic acids is 2. The predicted octanol–water partition coefficient (Wildman–Crippen LogP) is 2.72. The van der Waals surface area contributed by atoms with Crippen LogP contribution in [-0.4, -0.2) is 46.7 Å². The molecule has 1 aromatic heterocycles. The van der Waals surface area contributed by atoms with Crippen LogP contribution in [0.25, 0.3) is 4.85 Å². The van der Waals surface area contributed by atoms with E-state index in [0.29, 0.717) is 29.4 Å². The molecule has 2 amide bonds. The summed E-state index contributed by atoms with van der Waals surface area (Å²) in [4.78, 5) is 34.8. The molecule has 3 aromatic rings. The highest BCUT2D eigenvalue weighted by Gasteiger charge is 2.32. The van der Waals surface area contributed by atoms with E-state index in [4.69, 9.17) is 11.3 Å². The van der Waals surface area contributed by atoms with Crippen molar-refractivity contribution in [2.75, 3.05) is 18.6 Å². The molecular weight excluding hydrogens is 408 g/mol. The minimum atomic E-state index is -0.921. The maximum Gasteiger partial charge on any atom is 0.291 e. The number of likely N-dealkylation sites (N-methyl/N-ethyl adjacent to an activating group) is 1. The lowest BCUT2D eigenvalue weighted by atomic mass is 10.1. The van der Waals surface area contributed by atoms with Gasteiger partial charge in [0.1, 0.15) is 24.2 Å². The second-order valence-corrected chi connectivity index (χ2v) is 7.72. The first-order chi connectivity index (χ1) is 15.4. The van der Waals surface area contributed by atoms with Crippen LogP contribution in [0.2, 0.25) is 0 Å². The minimum absolute atomic E-state index is 0.0423. The highest BCUT2D eigenvalue weighted by molar-refractivity contribution is 6.02. The number of benzene rings is 2. The summed E-state index contributed by atoms with van der Waals surface area (Å²) in [6, 6.07) is 10.4.